The Labute approximate surface area is 187 Å². The summed E-state index contributed by atoms with van der Waals surface area (Å²) >= 11 is 0. The third-order valence-corrected chi connectivity index (χ3v) is 5.83. The SMILES string of the molecule is COc1ccc(N2C(=O)C(O)=C(C(=O)CCc3ccccc3)C2c2ccccc2C)cc1. The Bertz CT molecular complexity index is 1170. The molecule has 1 unspecified atom stereocenters. The Hall–Kier alpha value is -3.86. The highest BCUT2D eigenvalue weighted by Crippen LogP contribution is 2.42. The van der Waals surface area contributed by atoms with Crippen LogP contribution < -0.4 is 9.64 Å². The first-order chi connectivity index (χ1) is 15.5. The van der Waals surface area contributed by atoms with Gasteiger partial charge in [0, 0.05) is 12.1 Å². The van der Waals surface area contributed by atoms with E-state index in [-0.39, 0.29) is 17.8 Å². The number of amides is 1. The summed E-state index contributed by atoms with van der Waals surface area (Å²) in [5.74, 6) is -0.633. The van der Waals surface area contributed by atoms with E-state index in [1.807, 2.05) is 61.5 Å². The fourth-order valence-corrected chi connectivity index (χ4v) is 4.12. The van der Waals surface area contributed by atoms with Crippen molar-refractivity contribution in [1.29, 1.82) is 0 Å². The number of aliphatic hydroxyl groups is 1. The van der Waals surface area contributed by atoms with E-state index < -0.39 is 17.7 Å². The molecule has 3 aromatic rings. The van der Waals surface area contributed by atoms with Crippen molar-refractivity contribution in [2.75, 3.05) is 12.0 Å². The Morgan fingerprint density at radius 3 is 2.28 bits per heavy atom. The predicted molar refractivity (Wildman–Crippen MR) is 124 cm³/mol. The lowest BCUT2D eigenvalue weighted by molar-refractivity contribution is -0.118. The summed E-state index contributed by atoms with van der Waals surface area (Å²) in [6.45, 7) is 1.94. The summed E-state index contributed by atoms with van der Waals surface area (Å²) in [4.78, 5) is 28.0. The minimum atomic E-state index is -0.694. The number of hydrogen-bond donors (Lipinski definition) is 1. The average Bonchev–Trinajstić information content (AvgIpc) is 3.09. The van der Waals surface area contributed by atoms with E-state index in [4.69, 9.17) is 4.74 Å². The Balaban J connectivity index is 1.73. The Morgan fingerprint density at radius 1 is 0.969 bits per heavy atom. The lowest BCUT2D eigenvalue weighted by atomic mass is 9.90. The second-order valence-electron chi connectivity index (χ2n) is 7.80. The molecule has 1 aliphatic rings. The molecule has 0 saturated carbocycles. The van der Waals surface area contributed by atoms with E-state index in [0.29, 0.717) is 17.9 Å². The molecule has 0 saturated heterocycles. The van der Waals surface area contributed by atoms with Crippen molar-refractivity contribution in [2.24, 2.45) is 0 Å². The van der Waals surface area contributed by atoms with Crippen LogP contribution in [0.5, 0.6) is 5.75 Å². The fourth-order valence-electron chi connectivity index (χ4n) is 4.12. The van der Waals surface area contributed by atoms with Crippen molar-refractivity contribution in [3.05, 3.63) is 107 Å². The summed E-state index contributed by atoms with van der Waals surface area (Å²) in [7, 11) is 1.57. The molecule has 0 bridgehead atoms. The Kier molecular flexibility index (Phi) is 6.08. The highest BCUT2D eigenvalue weighted by atomic mass is 16.5. The minimum absolute atomic E-state index is 0.149. The zero-order chi connectivity index (χ0) is 22.7. The van der Waals surface area contributed by atoms with Crippen LogP contribution in [0.4, 0.5) is 5.69 Å². The molecule has 1 aliphatic heterocycles. The smallest absolute Gasteiger partial charge is 0.294 e. The number of hydrogen-bond acceptors (Lipinski definition) is 4. The van der Waals surface area contributed by atoms with Crippen molar-refractivity contribution >= 4 is 17.4 Å². The van der Waals surface area contributed by atoms with Crippen LogP contribution in [0, 0.1) is 6.92 Å². The Morgan fingerprint density at radius 2 is 1.62 bits per heavy atom. The summed E-state index contributed by atoms with van der Waals surface area (Å²) in [6.07, 6.45) is 0.739. The number of nitrogens with zero attached hydrogens (tertiary/aromatic N) is 1. The number of ether oxygens (including phenoxy) is 1. The predicted octanol–water partition coefficient (Wildman–Crippen LogP) is 5.11. The number of carbonyl (C=O) groups is 2. The van der Waals surface area contributed by atoms with Crippen molar-refractivity contribution < 1.29 is 19.4 Å². The third kappa shape index (κ3) is 4.02. The van der Waals surface area contributed by atoms with Gasteiger partial charge >= 0.3 is 0 Å². The standard InChI is InChI=1S/C27H25NO4/c1-18-8-6-7-11-22(18)25-24(23(29)17-12-19-9-4-3-5-10-19)26(30)27(31)28(25)20-13-15-21(32-2)16-14-20/h3-11,13-16,25,30H,12,17H2,1-2H3. The lowest BCUT2D eigenvalue weighted by Gasteiger charge is -2.28. The molecule has 4 rings (SSSR count). The molecule has 3 aromatic carbocycles. The van der Waals surface area contributed by atoms with Gasteiger partial charge in [-0.3, -0.25) is 14.5 Å². The number of anilines is 1. The van der Waals surface area contributed by atoms with Gasteiger partial charge < -0.3 is 9.84 Å². The zero-order valence-corrected chi connectivity index (χ0v) is 18.1. The molecule has 1 atom stereocenters. The molecular formula is C27H25NO4. The summed E-state index contributed by atoms with van der Waals surface area (Å²) < 4.78 is 5.23. The van der Waals surface area contributed by atoms with Gasteiger partial charge in [-0.05, 0) is 54.3 Å². The van der Waals surface area contributed by atoms with Crippen LogP contribution in [0.2, 0.25) is 0 Å². The fraction of sp³-hybridized carbons (Fsp3) is 0.185. The highest BCUT2D eigenvalue weighted by molar-refractivity contribution is 6.16. The number of aliphatic hydroxyl groups excluding tert-OH is 1. The summed E-state index contributed by atoms with van der Waals surface area (Å²) in [5, 5.41) is 10.8. The molecule has 1 amide bonds. The van der Waals surface area contributed by atoms with Crippen molar-refractivity contribution in [1.82, 2.24) is 0 Å². The van der Waals surface area contributed by atoms with Crippen LogP contribution in [0.3, 0.4) is 0 Å². The minimum Gasteiger partial charge on any atom is -0.503 e. The topological polar surface area (TPSA) is 66.8 Å². The number of rotatable bonds is 7. The van der Waals surface area contributed by atoms with Crippen molar-refractivity contribution in [3.8, 4) is 5.75 Å². The number of methoxy groups -OCH3 is 1. The van der Waals surface area contributed by atoms with E-state index in [1.54, 1.807) is 31.4 Å². The van der Waals surface area contributed by atoms with Gasteiger partial charge in [0.05, 0.1) is 18.7 Å². The molecule has 0 radical (unpaired) electrons. The number of carbonyl (C=O) groups excluding carboxylic acids is 2. The molecule has 32 heavy (non-hydrogen) atoms. The molecule has 0 aliphatic carbocycles. The van der Waals surface area contributed by atoms with E-state index in [0.717, 1.165) is 16.7 Å². The average molecular weight is 428 g/mol. The quantitative estimate of drug-likeness (QED) is 0.569. The second-order valence-corrected chi connectivity index (χ2v) is 7.80. The van der Waals surface area contributed by atoms with Crippen LogP contribution in [-0.4, -0.2) is 23.9 Å². The first-order valence-corrected chi connectivity index (χ1v) is 10.5. The molecule has 0 spiro atoms. The van der Waals surface area contributed by atoms with Crippen molar-refractivity contribution in [3.63, 3.8) is 0 Å². The normalized spacial score (nSPS) is 15.9. The van der Waals surface area contributed by atoms with E-state index in [2.05, 4.69) is 0 Å². The number of ketones is 1. The first kappa shape index (κ1) is 21.4. The van der Waals surface area contributed by atoms with Crippen LogP contribution >= 0.6 is 0 Å². The van der Waals surface area contributed by atoms with Gasteiger partial charge in [0.15, 0.2) is 11.5 Å². The van der Waals surface area contributed by atoms with Crippen LogP contribution in [0.25, 0.3) is 0 Å². The summed E-state index contributed by atoms with van der Waals surface area (Å²) in [6, 6.07) is 23.7. The monoisotopic (exact) mass is 427 g/mol. The van der Waals surface area contributed by atoms with Gasteiger partial charge in [-0.2, -0.15) is 0 Å². The molecule has 5 heteroatoms. The molecule has 0 aromatic heterocycles. The third-order valence-electron chi connectivity index (χ3n) is 5.83. The van der Waals surface area contributed by atoms with Gasteiger partial charge in [0.2, 0.25) is 0 Å². The number of aryl methyl sites for hydroxylation is 2. The molecule has 0 fully saturated rings. The van der Waals surface area contributed by atoms with Gasteiger partial charge in [-0.25, -0.2) is 0 Å². The van der Waals surface area contributed by atoms with Gasteiger partial charge in [-0.15, -0.1) is 0 Å². The zero-order valence-electron chi connectivity index (χ0n) is 18.1. The van der Waals surface area contributed by atoms with Crippen molar-refractivity contribution in [2.45, 2.75) is 25.8 Å². The van der Waals surface area contributed by atoms with E-state index >= 15 is 0 Å². The number of benzene rings is 3. The molecule has 5 nitrogen and oxygen atoms in total. The largest absolute Gasteiger partial charge is 0.503 e. The van der Waals surface area contributed by atoms with E-state index in [1.165, 1.54) is 4.90 Å². The highest BCUT2D eigenvalue weighted by Gasteiger charge is 2.44. The number of Topliss-reactive ketones (excluding diaryl/α,β-unsaturated/α-hetero) is 1. The van der Waals surface area contributed by atoms with Crippen LogP contribution in [0.15, 0.2) is 90.2 Å². The molecule has 1 heterocycles. The first-order valence-electron chi connectivity index (χ1n) is 10.5. The van der Waals surface area contributed by atoms with Gasteiger partial charge in [0.25, 0.3) is 5.91 Å². The van der Waals surface area contributed by atoms with Gasteiger partial charge in [-0.1, -0.05) is 54.6 Å². The van der Waals surface area contributed by atoms with Crippen LogP contribution in [-0.2, 0) is 16.0 Å². The lowest BCUT2D eigenvalue weighted by Crippen LogP contribution is -2.31. The molecule has 1 N–H and O–H groups in total. The molecular weight excluding hydrogens is 402 g/mol. The maximum Gasteiger partial charge on any atom is 0.294 e. The second kappa shape index (κ2) is 9.10. The maximum absolute atomic E-state index is 13.3. The van der Waals surface area contributed by atoms with Crippen LogP contribution in [0.1, 0.15) is 29.2 Å². The maximum atomic E-state index is 13.3. The summed E-state index contributed by atoms with van der Waals surface area (Å²) in [5.41, 5.74) is 3.51. The van der Waals surface area contributed by atoms with Gasteiger partial charge in [0.1, 0.15) is 5.75 Å². The van der Waals surface area contributed by atoms with E-state index in [9.17, 15) is 14.7 Å². The molecule has 162 valence electrons.